The maximum Gasteiger partial charge on any atom is 0.391 e. The molecule has 5 heteroatoms. The number of alkyl halides is 3. The summed E-state index contributed by atoms with van der Waals surface area (Å²) in [5.41, 5.74) is 0. The van der Waals surface area contributed by atoms with E-state index in [1.54, 1.807) is 0 Å². The molecule has 0 aromatic heterocycles. The summed E-state index contributed by atoms with van der Waals surface area (Å²) in [6, 6.07) is 0.188. The van der Waals surface area contributed by atoms with Crippen molar-refractivity contribution in [2.75, 3.05) is 13.2 Å². The van der Waals surface area contributed by atoms with E-state index in [2.05, 4.69) is 5.32 Å². The van der Waals surface area contributed by atoms with Gasteiger partial charge in [-0.05, 0) is 31.6 Å². The van der Waals surface area contributed by atoms with Crippen LogP contribution in [0.5, 0.6) is 0 Å². The summed E-state index contributed by atoms with van der Waals surface area (Å²) in [7, 11) is 0. The Bertz CT molecular complexity index is 200. The lowest BCUT2D eigenvalue weighted by molar-refractivity contribution is -0.182. The number of rotatable bonds is 4. The molecule has 0 saturated heterocycles. The van der Waals surface area contributed by atoms with Crippen LogP contribution in [0, 0.1) is 11.8 Å². The number of hydrogen-bond acceptors (Lipinski definition) is 2. The van der Waals surface area contributed by atoms with Gasteiger partial charge in [0, 0.05) is 19.2 Å². The minimum atomic E-state index is -4.02. The zero-order valence-electron chi connectivity index (χ0n) is 9.56. The second-order valence-electron chi connectivity index (χ2n) is 4.79. The van der Waals surface area contributed by atoms with Gasteiger partial charge in [0.25, 0.3) is 0 Å². The third-order valence-corrected chi connectivity index (χ3v) is 3.26. The highest BCUT2D eigenvalue weighted by Gasteiger charge is 2.41. The fourth-order valence-corrected chi connectivity index (χ4v) is 2.06. The molecule has 0 aromatic rings. The molecule has 0 aromatic carbocycles. The average molecular weight is 239 g/mol. The first-order valence-electron chi connectivity index (χ1n) is 5.84. The molecule has 0 spiro atoms. The summed E-state index contributed by atoms with van der Waals surface area (Å²) in [6.45, 7) is 2.71. The summed E-state index contributed by atoms with van der Waals surface area (Å²) in [4.78, 5) is 0. The van der Waals surface area contributed by atoms with Crippen molar-refractivity contribution in [3.8, 4) is 0 Å². The van der Waals surface area contributed by atoms with Crippen LogP contribution in [0.2, 0.25) is 0 Å². The number of hydrogen-bond donors (Lipinski definition) is 2. The van der Waals surface area contributed by atoms with E-state index >= 15 is 0 Å². The first-order valence-corrected chi connectivity index (χ1v) is 5.84. The minimum Gasteiger partial charge on any atom is -0.396 e. The van der Waals surface area contributed by atoms with Crippen LogP contribution < -0.4 is 5.32 Å². The Balaban J connectivity index is 2.22. The van der Waals surface area contributed by atoms with Crippen molar-refractivity contribution in [2.24, 2.45) is 11.8 Å². The monoisotopic (exact) mass is 239 g/mol. The smallest absolute Gasteiger partial charge is 0.391 e. The van der Waals surface area contributed by atoms with Gasteiger partial charge < -0.3 is 10.4 Å². The molecule has 0 aliphatic heterocycles. The summed E-state index contributed by atoms with van der Waals surface area (Å²) in [5.74, 6) is -0.943. The van der Waals surface area contributed by atoms with E-state index in [0.717, 1.165) is 0 Å². The third kappa shape index (κ3) is 4.29. The molecule has 2 N–H and O–H groups in total. The molecular formula is C11H20F3NO. The van der Waals surface area contributed by atoms with Gasteiger partial charge >= 0.3 is 6.18 Å². The maximum atomic E-state index is 12.4. The molecule has 0 amide bonds. The molecule has 1 atom stereocenters. The molecule has 0 heterocycles. The summed E-state index contributed by atoms with van der Waals surface area (Å²) in [6.07, 6.45) is -2.39. The number of halogens is 3. The van der Waals surface area contributed by atoms with Gasteiger partial charge in [0.2, 0.25) is 0 Å². The molecule has 2 nitrogen and oxygen atoms in total. The Hall–Kier alpha value is -0.290. The third-order valence-electron chi connectivity index (χ3n) is 3.26. The van der Waals surface area contributed by atoms with Gasteiger partial charge in [-0.3, -0.25) is 0 Å². The molecule has 0 radical (unpaired) electrons. The van der Waals surface area contributed by atoms with Crippen LogP contribution >= 0.6 is 0 Å². The van der Waals surface area contributed by atoms with E-state index < -0.39 is 12.1 Å². The molecule has 1 saturated carbocycles. The van der Waals surface area contributed by atoms with Crippen molar-refractivity contribution in [1.82, 2.24) is 5.32 Å². The Labute approximate surface area is 94.2 Å². The van der Waals surface area contributed by atoms with Gasteiger partial charge in [-0.15, -0.1) is 0 Å². The molecule has 0 bridgehead atoms. The highest BCUT2D eigenvalue weighted by Crippen LogP contribution is 2.37. The quantitative estimate of drug-likeness (QED) is 0.789. The van der Waals surface area contributed by atoms with Crippen LogP contribution in [0.4, 0.5) is 13.2 Å². The zero-order chi connectivity index (χ0) is 12.2. The molecule has 1 fully saturated rings. The summed E-state index contributed by atoms with van der Waals surface area (Å²) in [5, 5.41) is 12.0. The average Bonchev–Trinajstić information content (AvgIpc) is 2.25. The van der Waals surface area contributed by atoms with Gasteiger partial charge in [-0.2, -0.15) is 13.2 Å². The van der Waals surface area contributed by atoms with Gasteiger partial charge in [0.1, 0.15) is 0 Å². The molecule has 1 aliphatic carbocycles. The van der Waals surface area contributed by atoms with Crippen LogP contribution in [0.1, 0.15) is 32.6 Å². The van der Waals surface area contributed by atoms with E-state index in [9.17, 15) is 13.2 Å². The van der Waals surface area contributed by atoms with Crippen LogP contribution in [0.25, 0.3) is 0 Å². The van der Waals surface area contributed by atoms with Gasteiger partial charge in [-0.25, -0.2) is 0 Å². The summed E-state index contributed by atoms with van der Waals surface area (Å²) >= 11 is 0. The highest BCUT2D eigenvalue weighted by atomic mass is 19.4. The number of aliphatic hydroxyl groups is 1. The van der Waals surface area contributed by atoms with E-state index in [-0.39, 0.29) is 31.4 Å². The van der Waals surface area contributed by atoms with Gasteiger partial charge in [0.15, 0.2) is 0 Å². The fraction of sp³-hybridized carbons (Fsp3) is 1.00. The SMILES string of the molecule is CC(CO)CNC1CCC(C(F)(F)F)CC1. The topological polar surface area (TPSA) is 32.3 Å². The standard InChI is InChI=1S/C11H20F3NO/c1-8(7-16)6-15-10-4-2-9(3-5-10)11(12,13)14/h8-10,15-16H,2-7H2,1H3. The van der Waals surface area contributed by atoms with E-state index in [0.29, 0.717) is 19.4 Å². The van der Waals surface area contributed by atoms with E-state index in [4.69, 9.17) is 5.11 Å². The second-order valence-corrected chi connectivity index (χ2v) is 4.79. The van der Waals surface area contributed by atoms with Crippen LogP contribution in [-0.4, -0.2) is 30.5 Å². The van der Waals surface area contributed by atoms with Crippen molar-refractivity contribution in [3.05, 3.63) is 0 Å². The minimum absolute atomic E-state index is 0.116. The van der Waals surface area contributed by atoms with Crippen molar-refractivity contribution in [1.29, 1.82) is 0 Å². The maximum absolute atomic E-state index is 12.4. The van der Waals surface area contributed by atoms with Crippen LogP contribution in [0.3, 0.4) is 0 Å². The molecule has 1 unspecified atom stereocenters. The van der Waals surface area contributed by atoms with Crippen molar-refractivity contribution in [3.63, 3.8) is 0 Å². The van der Waals surface area contributed by atoms with Gasteiger partial charge in [-0.1, -0.05) is 6.92 Å². The molecule has 1 aliphatic rings. The van der Waals surface area contributed by atoms with Crippen LogP contribution in [-0.2, 0) is 0 Å². The van der Waals surface area contributed by atoms with E-state index in [1.807, 2.05) is 6.92 Å². The molecule has 16 heavy (non-hydrogen) atoms. The highest BCUT2D eigenvalue weighted by molar-refractivity contribution is 4.80. The molecule has 96 valence electrons. The lowest BCUT2D eigenvalue weighted by Crippen LogP contribution is -2.39. The Morgan fingerprint density at radius 2 is 1.81 bits per heavy atom. The van der Waals surface area contributed by atoms with Crippen molar-refractivity contribution >= 4 is 0 Å². The number of aliphatic hydroxyl groups excluding tert-OH is 1. The first-order chi connectivity index (χ1) is 7.43. The lowest BCUT2D eigenvalue weighted by atomic mass is 9.85. The van der Waals surface area contributed by atoms with E-state index in [1.165, 1.54) is 0 Å². The van der Waals surface area contributed by atoms with Gasteiger partial charge in [0.05, 0.1) is 5.92 Å². The van der Waals surface area contributed by atoms with Crippen molar-refractivity contribution in [2.45, 2.75) is 44.8 Å². The normalized spacial score (nSPS) is 29.1. The number of nitrogens with one attached hydrogen (secondary N) is 1. The first kappa shape index (κ1) is 13.8. The Kier molecular flexibility index (Phi) is 5.05. The van der Waals surface area contributed by atoms with Crippen LogP contribution in [0.15, 0.2) is 0 Å². The predicted molar refractivity (Wildman–Crippen MR) is 56.1 cm³/mol. The largest absolute Gasteiger partial charge is 0.396 e. The summed E-state index contributed by atoms with van der Waals surface area (Å²) < 4.78 is 37.2. The zero-order valence-corrected chi connectivity index (χ0v) is 9.56. The Morgan fingerprint density at radius 1 is 1.25 bits per heavy atom. The molecular weight excluding hydrogens is 219 g/mol. The lowest BCUT2D eigenvalue weighted by Gasteiger charge is -2.30. The second kappa shape index (κ2) is 5.87. The fourth-order valence-electron chi connectivity index (χ4n) is 2.06. The van der Waals surface area contributed by atoms with Crippen molar-refractivity contribution < 1.29 is 18.3 Å². The molecule has 1 rings (SSSR count). The Morgan fingerprint density at radius 3 is 2.25 bits per heavy atom. The predicted octanol–water partition coefficient (Wildman–Crippen LogP) is 2.33.